The molecule has 0 saturated carbocycles. The standard InChI is InChI=1S/C41H51FN6O5/c1-22-9-15-32(47(22)38(49)52-40(3,4)5)36(42)46-35-28-19-34-29(18-24(28)12-14-30(35)43)27-13-11-25(17-26(27)21-51-34)31-20-44-37(45-31)33-16-10-23(2)48(33)39(50)53-41(6,7)8/h11-14,17-20,22-23,32-33,36,46H,9-10,15-16,21,43H2,1-8H3,(H,44,45). The highest BCUT2D eigenvalue weighted by Gasteiger charge is 2.42. The molecule has 2 amide bonds. The molecule has 12 heteroatoms. The van der Waals surface area contributed by atoms with Gasteiger partial charge in [0.25, 0.3) is 0 Å². The smallest absolute Gasteiger partial charge is 0.411 e. The number of nitrogens with zero attached hydrogens (tertiary/aromatic N) is 3. The second kappa shape index (κ2) is 13.4. The highest BCUT2D eigenvalue weighted by Crippen LogP contribution is 2.45. The molecule has 1 aromatic heterocycles. The number of fused-ring (bicyclic) bond motifs is 4. The number of likely N-dealkylation sites (tertiary alicyclic amines) is 2. The quantitative estimate of drug-likeness (QED) is 0.137. The molecule has 2 fully saturated rings. The maximum Gasteiger partial charge on any atom is 0.411 e. The lowest BCUT2D eigenvalue weighted by molar-refractivity contribution is 0.00927. The van der Waals surface area contributed by atoms with Crippen molar-refractivity contribution in [2.24, 2.45) is 0 Å². The summed E-state index contributed by atoms with van der Waals surface area (Å²) in [6.45, 7) is 15.3. The molecule has 11 nitrogen and oxygen atoms in total. The van der Waals surface area contributed by atoms with Gasteiger partial charge in [-0.15, -0.1) is 0 Å². The third-order valence-corrected chi connectivity index (χ3v) is 10.4. The van der Waals surface area contributed by atoms with Crippen LogP contribution < -0.4 is 15.8 Å². The van der Waals surface area contributed by atoms with E-state index in [0.717, 1.165) is 57.4 Å². The van der Waals surface area contributed by atoms with E-state index in [-0.39, 0.29) is 24.2 Å². The molecule has 0 radical (unpaired) electrons. The van der Waals surface area contributed by atoms with E-state index in [0.29, 0.717) is 36.6 Å². The third-order valence-electron chi connectivity index (χ3n) is 10.4. The average Bonchev–Trinajstić information content (AvgIpc) is 3.82. The van der Waals surface area contributed by atoms with Crippen LogP contribution in [-0.2, 0) is 16.1 Å². The van der Waals surface area contributed by atoms with Gasteiger partial charge in [0.15, 0.2) is 6.30 Å². The highest BCUT2D eigenvalue weighted by molar-refractivity contribution is 6.03. The first-order valence-corrected chi connectivity index (χ1v) is 18.6. The SMILES string of the molecule is CC1CCC(c2ncc(-c3ccc4c(c3)COc3cc5c(NC(F)C6CCC(C)N6C(=O)OC(C)(C)C)c(N)ccc5cc3-4)[nH]2)N1C(=O)OC(C)(C)C. The Kier molecular flexibility index (Phi) is 9.23. The van der Waals surface area contributed by atoms with Gasteiger partial charge < -0.3 is 30.2 Å². The molecule has 4 heterocycles. The zero-order valence-corrected chi connectivity index (χ0v) is 31.9. The van der Waals surface area contributed by atoms with E-state index in [4.69, 9.17) is 24.9 Å². The molecule has 3 aromatic carbocycles. The van der Waals surface area contributed by atoms with Gasteiger partial charge in [-0.2, -0.15) is 0 Å². The molecule has 5 unspecified atom stereocenters. The Morgan fingerprint density at radius 1 is 0.925 bits per heavy atom. The summed E-state index contributed by atoms with van der Waals surface area (Å²) in [7, 11) is 0. The van der Waals surface area contributed by atoms with Crippen molar-refractivity contribution in [3.63, 3.8) is 0 Å². The predicted molar refractivity (Wildman–Crippen MR) is 204 cm³/mol. The summed E-state index contributed by atoms with van der Waals surface area (Å²) in [6.07, 6.45) is 2.24. The minimum Gasteiger partial charge on any atom is -0.488 e. The first-order chi connectivity index (χ1) is 25.0. The molecule has 7 rings (SSSR count). The third kappa shape index (κ3) is 7.20. The molecule has 4 N–H and O–H groups in total. The fourth-order valence-corrected chi connectivity index (χ4v) is 7.86. The van der Waals surface area contributed by atoms with Gasteiger partial charge in [-0.25, -0.2) is 19.0 Å². The summed E-state index contributed by atoms with van der Waals surface area (Å²) in [5, 5.41) is 4.62. The summed E-state index contributed by atoms with van der Waals surface area (Å²) in [5.74, 6) is 1.41. The van der Waals surface area contributed by atoms with Gasteiger partial charge in [-0.05, 0) is 127 Å². The topological polar surface area (TPSA) is 135 Å². The number of halogens is 1. The van der Waals surface area contributed by atoms with E-state index in [9.17, 15) is 9.59 Å². The number of rotatable bonds is 5. The van der Waals surface area contributed by atoms with Gasteiger partial charge in [0, 0.05) is 23.0 Å². The number of aromatic nitrogens is 2. The van der Waals surface area contributed by atoms with Crippen molar-refractivity contribution in [1.82, 2.24) is 19.8 Å². The molecule has 53 heavy (non-hydrogen) atoms. The van der Waals surface area contributed by atoms with Gasteiger partial charge in [0.05, 0.1) is 35.3 Å². The minimum absolute atomic E-state index is 0.0489. The van der Waals surface area contributed by atoms with Crippen LogP contribution in [0.5, 0.6) is 5.75 Å². The Morgan fingerprint density at radius 2 is 1.60 bits per heavy atom. The number of ether oxygens (including phenoxy) is 3. The largest absolute Gasteiger partial charge is 0.488 e. The number of H-pyrrole nitrogens is 1. The fraction of sp³-hybridized carbons (Fsp3) is 0.488. The number of amides is 2. The van der Waals surface area contributed by atoms with Crippen molar-refractivity contribution in [1.29, 1.82) is 0 Å². The van der Waals surface area contributed by atoms with E-state index >= 15 is 4.39 Å². The molecule has 0 spiro atoms. The van der Waals surface area contributed by atoms with Crippen LogP contribution in [0.2, 0.25) is 0 Å². The minimum atomic E-state index is -1.57. The molecule has 2 saturated heterocycles. The summed E-state index contributed by atoms with van der Waals surface area (Å²) >= 11 is 0. The van der Waals surface area contributed by atoms with Gasteiger partial charge >= 0.3 is 12.2 Å². The van der Waals surface area contributed by atoms with Crippen molar-refractivity contribution in [2.45, 2.75) is 129 Å². The lowest BCUT2D eigenvalue weighted by atomic mass is 9.92. The van der Waals surface area contributed by atoms with Gasteiger partial charge in [0.1, 0.15) is 29.4 Å². The summed E-state index contributed by atoms with van der Waals surface area (Å²) in [5.41, 5.74) is 10.8. The van der Waals surface area contributed by atoms with Gasteiger partial charge in [-0.1, -0.05) is 18.2 Å². The number of aromatic amines is 1. The molecule has 5 atom stereocenters. The number of hydrogen-bond donors (Lipinski definition) is 3. The Morgan fingerprint density at radius 3 is 2.32 bits per heavy atom. The number of hydrogen-bond acceptors (Lipinski definition) is 8. The average molecular weight is 727 g/mol. The van der Waals surface area contributed by atoms with Crippen LogP contribution in [0.1, 0.15) is 98.5 Å². The van der Waals surface area contributed by atoms with E-state index in [2.05, 4.69) is 28.5 Å². The van der Waals surface area contributed by atoms with E-state index in [1.165, 1.54) is 4.90 Å². The monoisotopic (exact) mass is 726 g/mol. The molecule has 3 aliphatic heterocycles. The summed E-state index contributed by atoms with van der Waals surface area (Å²) < 4.78 is 33.8. The Bertz CT molecular complexity index is 2050. The van der Waals surface area contributed by atoms with Gasteiger partial charge in [0.2, 0.25) is 0 Å². The molecule has 282 valence electrons. The number of nitrogens with two attached hydrogens (primary N) is 1. The Hall–Kier alpha value is -5.00. The van der Waals surface area contributed by atoms with Crippen molar-refractivity contribution in [3.05, 3.63) is 60.0 Å². The molecule has 4 aromatic rings. The number of benzene rings is 3. The Labute approximate surface area is 310 Å². The zero-order chi connectivity index (χ0) is 38.0. The molecular formula is C41H51FN6O5. The van der Waals surface area contributed by atoms with Crippen molar-refractivity contribution >= 4 is 34.3 Å². The molecular weight excluding hydrogens is 675 g/mol. The van der Waals surface area contributed by atoms with Crippen LogP contribution in [0.3, 0.4) is 0 Å². The van der Waals surface area contributed by atoms with E-state index in [1.807, 2.05) is 59.0 Å². The molecule has 0 aliphatic carbocycles. The first kappa shape index (κ1) is 36.4. The second-order valence-electron chi connectivity index (χ2n) is 16.7. The summed E-state index contributed by atoms with van der Waals surface area (Å²) in [6, 6.07) is 12.9. The number of anilines is 2. The number of alkyl halides is 1. The lowest BCUT2D eigenvalue weighted by Crippen LogP contribution is -2.48. The maximum absolute atomic E-state index is 16.2. The van der Waals surface area contributed by atoms with Crippen LogP contribution >= 0.6 is 0 Å². The highest BCUT2D eigenvalue weighted by atomic mass is 19.1. The first-order valence-electron chi connectivity index (χ1n) is 18.6. The van der Waals surface area contributed by atoms with Gasteiger partial charge in [-0.3, -0.25) is 9.80 Å². The lowest BCUT2D eigenvalue weighted by Gasteiger charge is -2.33. The van der Waals surface area contributed by atoms with Crippen molar-refractivity contribution < 1.29 is 28.2 Å². The number of carbonyl (C=O) groups excluding carboxylic acids is 2. The van der Waals surface area contributed by atoms with E-state index < -0.39 is 29.6 Å². The predicted octanol–water partition coefficient (Wildman–Crippen LogP) is 9.33. The van der Waals surface area contributed by atoms with Crippen LogP contribution in [0.15, 0.2) is 48.7 Å². The van der Waals surface area contributed by atoms with Crippen LogP contribution in [0.25, 0.3) is 33.2 Å². The number of nitrogen functional groups attached to an aromatic ring is 1. The van der Waals surface area contributed by atoms with Crippen LogP contribution in [0, 0.1) is 0 Å². The zero-order valence-electron chi connectivity index (χ0n) is 31.9. The molecule has 0 bridgehead atoms. The fourth-order valence-electron chi connectivity index (χ4n) is 7.86. The van der Waals surface area contributed by atoms with E-state index in [1.54, 1.807) is 31.7 Å². The number of nitrogens with one attached hydrogen (secondary N) is 2. The number of imidazole rings is 1. The summed E-state index contributed by atoms with van der Waals surface area (Å²) in [4.78, 5) is 37.7. The second-order valence-corrected chi connectivity index (χ2v) is 16.7. The Balaban J connectivity index is 1.13. The van der Waals surface area contributed by atoms with Crippen LogP contribution in [0.4, 0.5) is 25.4 Å². The van der Waals surface area contributed by atoms with Crippen LogP contribution in [-0.4, -0.2) is 67.6 Å². The van der Waals surface area contributed by atoms with Crippen molar-refractivity contribution in [3.8, 4) is 28.1 Å². The molecule has 3 aliphatic rings. The van der Waals surface area contributed by atoms with Crippen molar-refractivity contribution in [2.75, 3.05) is 11.1 Å². The number of carbonyl (C=O) groups is 2. The maximum atomic E-state index is 16.2. The normalized spacial score (nSPS) is 21.9.